The lowest BCUT2D eigenvalue weighted by atomic mass is 10.1. The van der Waals surface area contributed by atoms with E-state index in [1.807, 2.05) is 0 Å². The predicted octanol–water partition coefficient (Wildman–Crippen LogP) is 2.57. The average Bonchev–Trinajstić information content (AvgIpc) is 2.38. The van der Waals surface area contributed by atoms with Gasteiger partial charge in [-0.1, -0.05) is 0 Å². The minimum absolute atomic E-state index is 0.165. The largest absolute Gasteiger partial charge is 0.416 e. The van der Waals surface area contributed by atoms with Crippen molar-refractivity contribution in [1.82, 2.24) is 0 Å². The summed E-state index contributed by atoms with van der Waals surface area (Å²) in [6, 6.07) is 2.57. The van der Waals surface area contributed by atoms with Crippen molar-refractivity contribution in [2.75, 3.05) is 18.0 Å². The Hall–Kier alpha value is -1.83. The molecule has 8 heteroatoms. The first-order valence-electron chi connectivity index (χ1n) is 6.07. The standard InChI is InChI=1S/C12H13F3N2O3/c13-12(14,15)8-5-9(7-10(6-8)17(19)20)16-3-1-11(18)2-4-16/h5-7,11,18H,1-4H2. The molecule has 0 saturated carbocycles. The highest BCUT2D eigenvalue weighted by atomic mass is 19.4. The van der Waals surface area contributed by atoms with E-state index in [4.69, 9.17) is 0 Å². The van der Waals surface area contributed by atoms with Crippen LogP contribution >= 0.6 is 0 Å². The molecule has 0 aliphatic carbocycles. The van der Waals surface area contributed by atoms with Crippen molar-refractivity contribution >= 4 is 11.4 Å². The summed E-state index contributed by atoms with van der Waals surface area (Å²) >= 11 is 0. The zero-order valence-corrected chi connectivity index (χ0v) is 10.4. The van der Waals surface area contributed by atoms with Crippen LogP contribution in [0.4, 0.5) is 24.5 Å². The molecule has 1 N–H and O–H groups in total. The molecule has 0 atom stereocenters. The van der Waals surface area contributed by atoms with Crippen LogP contribution in [-0.2, 0) is 6.18 Å². The van der Waals surface area contributed by atoms with Crippen LogP contribution in [-0.4, -0.2) is 29.2 Å². The third-order valence-electron chi connectivity index (χ3n) is 3.27. The maximum atomic E-state index is 12.8. The molecule has 1 aliphatic heterocycles. The van der Waals surface area contributed by atoms with Gasteiger partial charge in [0.05, 0.1) is 16.6 Å². The number of piperidine rings is 1. The second-order valence-electron chi connectivity index (χ2n) is 4.71. The summed E-state index contributed by atoms with van der Waals surface area (Å²) in [5.74, 6) is 0. The van der Waals surface area contributed by atoms with E-state index in [0.29, 0.717) is 32.0 Å². The number of nitro groups is 1. The number of benzene rings is 1. The van der Waals surface area contributed by atoms with E-state index in [0.717, 1.165) is 12.1 Å². The third-order valence-corrected chi connectivity index (χ3v) is 3.27. The number of aliphatic hydroxyl groups is 1. The summed E-state index contributed by atoms with van der Waals surface area (Å²) in [4.78, 5) is 11.5. The van der Waals surface area contributed by atoms with E-state index in [-0.39, 0.29) is 5.69 Å². The lowest BCUT2D eigenvalue weighted by Crippen LogP contribution is -2.35. The van der Waals surface area contributed by atoms with Gasteiger partial charge >= 0.3 is 6.18 Å². The Morgan fingerprint density at radius 2 is 1.85 bits per heavy atom. The van der Waals surface area contributed by atoms with E-state index < -0.39 is 28.5 Å². The van der Waals surface area contributed by atoms with Crippen molar-refractivity contribution in [3.05, 3.63) is 33.9 Å². The predicted molar refractivity (Wildman–Crippen MR) is 65.6 cm³/mol. The molecule has 0 radical (unpaired) electrons. The summed E-state index contributed by atoms with van der Waals surface area (Å²) in [6.07, 6.45) is -4.23. The molecule has 1 aromatic carbocycles. The van der Waals surface area contributed by atoms with Gasteiger partial charge in [-0.2, -0.15) is 13.2 Å². The van der Waals surface area contributed by atoms with Gasteiger partial charge in [0.2, 0.25) is 0 Å². The number of non-ortho nitro benzene ring substituents is 1. The van der Waals surface area contributed by atoms with Crippen LogP contribution in [0.15, 0.2) is 18.2 Å². The SMILES string of the molecule is O=[N+]([O-])c1cc(N2CCC(O)CC2)cc(C(F)(F)F)c1. The van der Waals surface area contributed by atoms with E-state index in [2.05, 4.69) is 0 Å². The molecule has 1 aromatic rings. The molecule has 1 heterocycles. The van der Waals surface area contributed by atoms with Gasteiger partial charge in [-0.05, 0) is 18.9 Å². The van der Waals surface area contributed by atoms with Gasteiger partial charge in [0, 0.05) is 30.9 Å². The number of nitrogens with zero attached hydrogens (tertiary/aromatic N) is 2. The Kier molecular flexibility index (Phi) is 3.85. The monoisotopic (exact) mass is 290 g/mol. The van der Waals surface area contributed by atoms with E-state index in [1.165, 1.54) is 0 Å². The molecule has 1 aliphatic rings. The van der Waals surface area contributed by atoms with Gasteiger partial charge in [0.15, 0.2) is 0 Å². The smallest absolute Gasteiger partial charge is 0.393 e. The molecule has 1 saturated heterocycles. The summed E-state index contributed by atoms with van der Waals surface area (Å²) < 4.78 is 38.3. The Morgan fingerprint density at radius 3 is 2.35 bits per heavy atom. The first kappa shape index (κ1) is 14.6. The third kappa shape index (κ3) is 3.19. The van der Waals surface area contributed by atoms with Crippen molar-refractivity contribution in [2.24, 2.45) is 0 Å². The molecule has 110 valence electrons. The van der Waals surface area contributed by atoms with E-state index in [1.54, 1.807) is 4.90 Å². The molecular formula is C12H13F3N2O3. The van der Waals surface area contributed by atoms with Crippen LogP contribution in [0.2, 0.25) is 0 Å². The Labute approximate surface area is 112 Å². The fraction of sp³-hybridized carbons (Fsp3) is 0.500. The highest BCUT2D eigenvalue weighted by molar-refractivity contribution is 5.56. The molecular weight excluding hydrogens is 277 g/mol. The number of anilines is 1. The fourth-order valence-corrected chi connectivity index (χ4v) is 2.17. The number of hydrogen-bond acceptors (Lipinski definition) is 4. The lowest BCUT2D eigenvalue weighted by Gasteiger charge is -2.31. The summed E-state index contributed by atoms with van der Waals surface area (Å²) in [7, 11) is 0. The van der Waals surface area contributed by atoms with Crippen LogP contribution in [0, 0.1) is 10.1 Å². The lowest BCUT2D eigenvalue weighted by molar-refractivity contribution is -0.385. The van der Waals surface area contributed by atoms with Crippen LogP contribution in [0.25, 0.3) is 0 Å². The number of alkyl halides is 3. The van der Waals surface area contributed by atoms with Crippen molar-refractivity contribution in [3.63, 3.8) is 0 Å². The number of rotatable bonds is 2. The molecule has 20 heavy (non-hydrogen) atoms. The second kappa shape index (κ2) is 5.28. The molecule has 0 amide bonds. The van der Waals surface area contributed by atoms with Crippen LogP contribution in [0.3, 0.4) is 0 Å². The zero-order valence-electron chi connectivity index (χ0n) is 10.4. The van der Waals surface area contributed by atoms with Crippen molar-refractivity contribution < 1.29 is 23.2 Å². The molecule has 1 fully saturated rings. The van der Waals surface area contributed by atoms with Gasteiger partial charge in [-0.15, -0.1) is 0 Å². The molecule has 0 spiro atoms. The summed E-state index contributed by atoms with van der Waals surface area (Å²) in [5.41, 5.74) is -1.45. The summed E-state index contributed by atoms with van der Waals surface area (Å²) in [5, 5.41) is 20.1. The van der Waals surface area contributed by atoms with Crippen molar-refractivity contribution in [2.45, 2.75) is 25.1 Å². The van der Waals surface area contributed by atoms with E-state index >= 15 is 0 Å². The molecule has 0 bridgehead atoms. The number of aliphatic hydroxyl groups excluding tert-OH is 1. The van der Waals surface area contributed by atoms with Gasteiger partial charge in [0.1, 0.15) is 0 Å². The topological polar surface area (TPSA) is 66.6 Å². The fourth-order valence-electron chi connectivity index (χ4n) is 2.17. The molecule has 0 aromatic heterocycles. The minimum atomic E-state index is -4.63. The summed E-state index contributed by atoms with van der Waals surface area (Å²) in [6.45, 7) is 0.749. The number of halogens is 3. The van der Waals surface area contributed by atoms with Gasteiger partial charge in [-0.3, -0.25) is 10.1 Å². The molecule has 2 rings (SSSR count). The Bertz CT molecular complexity index is 511. The second-order valence-corrected chi connectivity index (χ2v) is 4.71. The normalized spacial score (nSPS) is 17.3. The Balaban J connectivity index is 2.37. The molecule has 5 nitrogen and oxygen atoms in total. The van der Waals surface area contributed by atoms with Gasteiger partial charge in [-0.25, -0.2) is 0 Å². The Morgan fingerprint density at radius 1 is 1.25 bits per heavy atom. The zero-order chi connectivity index (χ0) is 14.9. The van der Waals surface area contributed by atoms with Gasteiger partial charge < -0.3 is 10.0 Å². The highest BCUT2D eigenvalue weighted by Crippen LogP contribution is 2.35. The average molecular weight is 290 g/mol. The highest BCUT2D eigenvalue weighted by Gasteiger charge is 2.33. The first-order chi connectivity index (χ1) is 9.27. The van der Waals surface area contributed by atoms with Gasteiger partial charge in [0.25, 0.3) is 5.69 Å². The van der Waals surface area contributed by atoms with Crippen molar-refractivity contribution in [1.29, 1.82) is 0 Å². The minimum Gasteiger partial charge on any atom is -0.393 e. The van der Waals surface area contributed by atoms with Crippen molar-refractivity contribution in [3.8, 4) is 0 Å². The quantitative estimate of drug-likeness (QED) is 0.671. The maximum absolute atomic E-state index is 12.8. The maximum Gasteiger partial charge on any atom is 0.416 e. The van der Waals surface area contributed by atoms with Crippen LogP contribution in [0.1, 0.15) is 18.4 Å². The molecule has 0 unspecified atom stereocenters. The first-order valence-corrected chi connectivity index (χ1v) is 6.07. The van der Waals surface area contributed by atoms with Crippen LogP contribution < -0.4 is 4.90 Å². The number of hydrogen-bond donors (Lipinski definition) is 1. The number of nitro benzene ring substituents is 1. The van der Waals surface area contributed by atoms with E-state index in [9.17, 15) is 28.4 Å². The van der Waals surface area contributed by atoms with Crippen LogP contribution in [0.5, 0.6) is 0 Å².